The first-order chi connectivity index (χ1) is 8.77. The van der Waals surface area contributed by atoms with E-state index in [-0.39, 0.29) is 5.25 Å². The summed E-state index contributed by atoms with van der Waals surface area (Å²) in [4.78, 5) is 7.29. The Labute approximate surface area is 113 Å². The van der Waals surface area contributed by atoms with Gasteiger partial charge in [0.15, 0.2) is 0 Å². The molecular formula is C13H13F3N2S. The molecule has 0 aliphatic rings. The summed E-state index contributed by atoms with van der Waals surface area (Å²) in [5, 5.41) is 1.21. The topological polar surface area (TPSA) is 25.8 Å². The van der Waals surface area contributed by atoms with E-state index in [0.717, 1.165) is 5.56 Å². The number of halogens is 3. The van der Waals surface area contributed by atoms with Crippen LogP contribution >= 0.6 is 11.8 Å². The average Bonchev–Trinajstić information content (AvgIpc) is 2.27. The molecule has 1 aromatic carbocycles. The molecule has 0 saturated heterocycles. The van der Waals surface area contributed by atoms with Gasteiger partial charge < -0.3 is 0 Å². The zero-order chi connectivity index (χ0) is 14.2. The van der Waals surface area contributed by atoms with Crippen LogP contribution in [0.15, 0.2) is 23.2 Å². The Morgan fingerprint density at radius 3 is 2.42 bits per heavy atom. The maximum atomic E-state index is 12.8. The molecule has 1 aromatic heterocycles. The van der Waals surface area contributed by atoms with E-state index in [1.54, 1.807) is 12.1 Å². The first-order valence-corrected chi connectivity index (χ1v) is 6.67. The van der Waals surface area contributed by atoms with E-state index in [0.29, 0.717) is 15.9 Å². The molecule has 2 aromatic rings. The molecule has 0 N–H and O–H groups in total. The second-order valence-corrected chi connectivity index (χ2v) is 6.10. The summed E-state index contributed by atoms with van der Waals surface area (Å²) in [5.41, 5.74) is 1.30. The minimum absolute atomic E-state index is 0.152. The van der Waals surface area contributed by atoms with E-state index >= 15 is 0 Å². The fourth-order valence-corrected chi connectivity index (χ4v) is 2.53. The lowest BCUT2D eigenvalue weighted by atomic mass is 10.2. The number of thioether (sulfide) groups is 1. The molecule has 0 bridgehead atoms. The first-order valence-electron chi connectivity index (χ1n) is 5.79. The van der Waals surface area contributed by atoms with Crippen molar-refractivity contribution in [2.24, 2.45) is 0 Å². The van der Waals surface area contributed by atoms with E-state index in [4.69, 9.17) is 0 Å². The van der Waals surface area contributed by atoms with Crippen LogP contribution in [0.3, 0.4) is 0 Å². The monoisotopic (exact) mass is 286 g/mol. The van der Waals surface area contributed by atoms with Crippen LogP contribution < -0.4 is 0 Å². The molecule has 0 amide bonds. The highest BCUT2D eigenvalue weighted by Crippen LogP contribution is 2.33. The maximum Gasteiger partial charge on any atom is 0.451 e. The van der Waals surface area contributed by atoms with Crippen molar-refractivity contribution in [3.05, 3.63) is 29.6 Å². The van der Waals surface area contributed by atoms with E-state index in [2.05, 4.69) is 9.97 Å². The average molecular weight is 286 g/mol. The molecule has 19 heavy (non-hydrogen) atoms. The van der Waals surface area contributed by atoms with Crippen LogP contribution in [-0.2, 0) is 6.18 Å². The number of fused-ring (bicyclic) bond motifs is 1. The van der Waals surface area contributed by atoms with Gasteiger partial charge in [0.25, 0.3) is 0 Å². The van der Waals surface area contributed by atoms with Gasteiger partial charge in [-0.2, -0.15) is 13.2 Å². The number of rotatable bonds is 2. The Bertz CT molecular complexity index is 609. The Hall–Kier alpha value is -1.30. The number of aryl methyl sites for hydroxylation is 1. The summed E-state index contributed by atoms with van der Waals surface area (Å²) in [6, 6.07) is 5.17. The van der Waals surface area contributed by atoms with E-state index in [1.165, 1.54) is 11.8 Å². The Morgan fingerprint density at radius 1 is 1.16 bits per heavy atom. The molecule has 6 heteroatoms. The van der Waals surface area contributed by atoms with Crippen LogP contribution in [0, 0.1) is 6.92 Å². The molecule has 0 saturated carbocycles. The van der Waals surface area contributed by atoms with Crippen molar-refractivity contribution in [3.8, 4) is 0 Å². The molecule has 2 nitrogen and oxygen atoms in total. The van der Waals surface area contributed by atoms with Crippen LogP contribution in [-0.4, -0.2) is 15.2 Å². The van der Waals surface area contributed by atoms with Crippen LogP contribution in [0.5, 0.6) is 0 Å². The van der Waals surface area contributed by atoms with E-state index < -0.39 is 12.0 Å². The van der Waals surface area contributed by atoms with Gasteiger partial charge in [-0.1, -0.05) is 25.5 Å². The molecule has 0 aliphatic heterocycles. The lowest BCUT2D eigenvalue weighted by Gasteiger charge is -2.12. The third kappa shape index (κ3) is 3.18. The van der Waals surface area contributed by atoms with Crippen molar-refractivity contribution >= 4 is 22.7 Å². The third-order valence-corrected chi connectivity index (χ3v) is 3.42. The second-order valence-electron chi connectivity index (χ2n) is 4.54. The Balaban J connectivity index is 2.69. The smallest absolute Gasteiger partial charge is 0.224 e. The SMILES string of the molecule is Cc1ccc2nc(C(F)(F)F)nc(SC(C)C)c2c1. The predicted molar refractivity (Wildman–Crippen MR) is 70.3 cm³/mol. The Morgan fingerprint density at radius 2 is 1.84 bits per heavy atom. The van der Waals surface area contributed by atoms with Crippen LogP contribution in [0.2, 0.25) is 0 Å². The second kappa shape index (κ2) is 5.00. The summed E-state index contributed by atoms with van der Waals surface area (Å²) in [7, 11) is 0. The summed E-state index contributed by atoms with van der Waals surface area (Å²) >= 11 is 1.32. The standard InChI is InChI=1S/C13H13F3N2S/c1-7(2)19-11-9-6-8(3)4-5-10(9)17-12(18-11)13(14,15)16/h4-7H,1-3H3. The minimum Gasteiger partial charge on any atom is -0.224 e. The third-order valence-electron chi connectivity index (χ3n) is 2.42. The molecule has 0 spiro atoms. The zero-order valence-electron chi connectivity index (χ0n) is 10.7. The number of nitrogens with zero attached hydrogens (tertiary/aromatic N) is 2. The van der Waals surface area contributed by atoms with Gasteiger partial charge in [0.1, 0.15) is 5.03 Å². The minimum atomic E-state index is -4.52. The molecule has 0 unspecified atom stereocenters. The van der Waals surface area contributed by atoms with Gasteiger partial charge in [-0.3, -0.25) is 0 Å². The van der Waals surface area contributed by atoms with Crippen molar-refractivity contribution in [1.29, 1.82) is 0 Å². The summed E-state index contributed by atoms with van der Waals surface area (Å²) in [5.74, 6) is -1.08. The van der Waals surface area contributed by atoms with Crippen molar-refractivity contribution in [1.82, 2.24) is 9.97 Å². The highest BCUT2D eigenvalue weighted by molar-refractivity contribution is 8.00. The summed E-state index contributed by atoms with van der Waals surface area (Å²) in [6.45, 7) is 5.73. The number of hydrogen-bond donors (Lipinski definition) is 0. The fourth-order valence-electron chi connectivity index (χ4n) is 1.65. The van der Waals surface area contributed by atoms with E-state index in [9.17, 15) is 13.2 Å². The number of hydrogen-bond acceptors (Lipinski definition) is 3. The number of benzene rings is 1. The zero-order valence-corrected chi connectivity index (χ0v) is 11.6. The lowest BCUT2D eigenvalue weighted by molar-refractivity contribution is -0.145. The van der Waals surface area contributed by atoms with Gasteiger partial charge in [-0.25, -0.2) is 9.97 Å². The van der Waals surface area contributed by atoms with Gasteiger partial charge in [0.2, 0.25) is 5.82 Å². The first kappa shape index (κ1) is 14.1. The molecule has 2 rings (SSSR count). The van der Waals surface area contributed by atoms with Crippen molar-refractivity contribution in [2.45, 2.75) is 37.2 Å². The highest BCUT2D eigenvalue weighted by Gasteiger charge is 2.35. The Kier molecular flexibility index (Phi) is 3.71. The summed E-state index contributed by atoms with van der Waals surface area (Å²) in [6.07, 6.45) is -4.52. The van der Waals surface area contributed by atoms with Gasteiger partial charge in [-0.05, 0) is 19.1 Å². The normalized spacial score (nSPS) is 12.4. The molecule has 0 atom stereocenters. The summed E-state index contributed by atoms with van der Waals surface area (Å²) < 4.78 is 38.3. The van der Waals surface area contributed by atoms with Gasteiger partial charge in [-0.15, -0.1) is 11.8 Å². The van der Waals surface area contributed by atoms with Crippen molar-refractivity contribution in [2.75, 3.05) is 0 Å². The largest absolute Gasteiger partial charge is 0.451 e. The number of alkyl halides is 3. The van der Waals surface area contributed by atoms with Crippen LogP contribution in [0.4, 0.5) is 13.2 Å². The lowest BCUT2D eigenvalue weighted by Crippen LogP contribution is -2.12. The van der Waals surface area contributed by atoms with Crippen LogP contribution in [0.1, 0.15) is 25.2 Å². The molecule has 1 heterocycles. The predicted octanol–water partition coefficient (Wildman–Crippen LogP) is 4.46. The molecule has 0 aliphatic carbocycles. The van der Waals surface area contributed by atoms with Crippen molar-refractivity contribution in [3.63, 3.8) is 0 Å². The highest BCUT2D eigenvalue weighted by atomic mass is 32.2. The molecular weight excluding hydrogens is 273 g/mol. The molecule has 102 valence electrons. The van der Waals surface area contributed by atoms with Gasteiger partial charge in [0, 0.05) is 10.6 Å². The van der Waals surface area contributed by atoms with Crippen LogP contribution in [0.25, 0.3) is 10.9 Å². The van der Waals surface area contributed by atoms with Gasteiger partial charge in [0.05, 0.1) is 5.52 Å². The molecule has 0 fully saturated rings. The maximum absolute atomic E-state index is 12.8. The van der Waals surface area contributed by atoms with Gasteiger partial charge >= 0.3 is 6.18 Å². The van der Waals surface area contributed by atoms with E-state index in [1.807, 2.05) is 26.8 Å². The molecule has 0 radical (unpaired) electrons. The fraction of sp³-hybridized carbons (Fsp3) is 0.385. The quantitative estimate of drug-likeness (QED) is 0.602. The number of aromatic nitrogens is 2. The van der Waals surface area contributed by atoms with Crippen molar-refractivity contribution < 1.29 is 13.2 Å².